The normalized spacial score (nSPS) is 13.2. The molecule has 0 aliphatic carbocycles. The van der Waals surface area contributed by atoms with Crippen LogP contribution in [0, 0.1) is 0 Å². The van der Waals surface area contributed by atoms with E-state index < -0.39 is 21.9 Å². The Morgan fingerprint density at radius 1 is 1.06 bits per heavy atom. The van der Waals surface area contributed by atoms with Gasteiger partial charge in [0.25, 0.3) is 15.9 Å². The van der Waals surface area contributed by atoms with Crippen LogP contribution in [0.1, 0.15) is 32.7 Å². The summed E-state index contributed by atoms with van der Waals surface area (Å²) in [6, 6.07) is 13.3. The summed E-state index contributed by atoms with van der Waals surface area (Å²) in [6.45, 7) is 0.225. The molecule has 1 aliphatic rings. The quantitative estimate of drug-likeness (QED) is 0.455. The molecular formula is C24H20Cl2N2O6S. The molecule has 0 aromatic heterocycles. The highest BCUT2D eigenvalue weighted by atomic mass is 35.5. The van der Waals surface area contributed by atoms with Gasteiger partial charge < -0.3 is 15.2 Å². The maximum absolute atomic E-state index is 13.6. The molecule has 0 radical (unpaired) electrons. The highest BCUT2D eigenvalue weighted by molar-refractivity contribution is 7.93. The van der Waals surface area contributed by atoms with Crippen molar-refractivity contribution in [1.29, 1.82) is 0 Å². The molecule has 35 heavy (non-hydrogen) atoms. The summed E-state index contributed by atoms with van der Waals surface area (Å²) in [5, 5.41) is 12.0. The summed E-state index contributed by atoms with van der Waals surface area (Å²) in [5.41, 5.74) is 1.62. The summed E-state index contributed by atoms with van der Waals surface area (Å²) in [5.74, 6) is -1.52. The number of methoxy groups -OCH3 is 1. The van der Waals surface area contributed by atoms with Crippen LogP contribution in [-0.4, -0.2) is 39.1 Å². The van der Waals surface area contributed by atoms with Gasteiger partial charge in [-0.1, -0.05) is 29.3 Å². The molecule has 0 spiro atoms. The second kappa shape index (κ2) is 9.77. The van der Waals surface area contributed by atoms with Gasteiger partial charge in [-0.2, -0.15) is 0 Å². The fourth-order valence-corrected chi connectivity index (χ4v) is 6.09. The summed E-state index contributed by atoms with van der Waals surface area (Å²) in [4.78, 5) is 24.0. The number of carboxylic acid groups (broad SMARTS) is 1. The van der Waals surface area contributed by atoms with Gasteiger partial charge in [0.15, 0.2) is 0 Å². The van der Waals surface area contributed by atoms with Crippen molar-refractivity contribution >= 4 is 56.5 Å². The van der Waals surface area contributed by atoms with Gasteiger partial charge in [-0.15, -0.1) is 0 Å². The van der Waals surface area contributed by atoms with Crippen LogP contribution in [-0.2, 0) is 16.4 Å². The number of rotatable bonds is 6. The third-order valence-corrected chi connectivity index (χ3v) is 7.96. The number of aryl methyl sites for hydroxylation is 1. The lowest BCUT2D eigenvalue weighted by Crippen LogP contribution is -2.36. The second-order valence-corrected chi connectivity index (χ2v) is 10.4. The zero-order valence-electron chi connectivity index (χ0n) is 18.4. The maximum Gasteiger partial charge on any atom is 0.337 e. The van der Waals surface area contributed by atoms with Crippen molar-refractivity contribution in [3.8, 4) is 5.75 Å². The number of anilines is 2. The monoisotopic (exact) mass is 534 g/mol. The third kappa shape index (κ3) is 4.93. The number of carbonyl (C=O) groups excluding carboxylic acids is 1. The first-order valence-electron chi connectivity index (χ1n) is 10.4. The van der Waals surface area contributed by atoms with Crippen molar-refractivity contribution in [2.24, 2.45) is 0 Å². The van der Waals surface area contributed by atoms with Crippen LogP contribution >= 0.6 is 23.2 Å². The zero-order chi connectivity index (χ0) is 25.3. The molecule has 2 N–H and O–H groups in total. The topological polar surface area (TPSA) is 113 Å². The molecule has 11 heteroatoms. The van der Waals surface area contributed by atoms with Gasteiger partial charge in [0.05, 0.1) is 23.4 Å². The van der Waals surface area contributed by atoms with E-state index in [-0.39, 0.29) is 38.4 Å². The van der Waals surface area contributed by atoms with E-state index in [1.807, 2.05) is 0 Å². The van der Waals surface area contributed by atoms with Gasteiger partial charge in [-0.25, -0.2) is 13.2 Å². The third-order valence-electron chi connectivity index (χ3n) is 5.57. The van der Waals surface area contributed by atoms with E-state index in [4.69, 9.17) is 33.0 Å². The lowest BCUT2D eigenvalue weighted by Gasteiger charge is -2.31. The fourth-order valence-electron chi connectivity index (χ4n) is 3.87. The summed E-state index contributed by atoms with van der Waals surface area (Å²) in [7, 11) is -2.66. The van der Waals surface area contributed by atoms with Crippen LogP contribution in [0.4, 0.5) is 11.4 Å². The molecule has 0 fully saturated rings. The number of sulfonamides is 1. The Bertz CT molecular complexity index is 1440. The van der Waals surface area contributed by atoms with E-state index in [1.165, 1.54) is 47.8 Å². The Hall–Kier alpha value is -3.27. The fraction of sp³-hybridized carbons (Fsp3) is 0.167. The lowest BCUT2D eigenvalue weighted by molar-refractivity contribution is 0.0697. The summed E-state index contributed by atoms with van der Waals surface area (Å²) >= 11 is 12.1. The standard InChI is InChI=1S/C24H20Cl2N2O6S/c1-34-21-9-6-16(25)12-22(21)35(32,33)28-10-2-3-14-4-5-15(11-20(14)28)23(29)27-17-7-8-18(24(30)31)19(26)13-17/h4-9,11-13H,2-3,10H2,1H3,(H,27,29)(H,30,31). The predicted octanol–water partition coefficient (Wildman–Crippen LogP) is 5.09. The number of ether oxygens (including phenoxy) is 1. The van der Waals surface area contributed by atoms with E-state index in [9.17, 15) is 18.0 Å². The Morgan fingerprint density at radius 2 is 1.83 bits per heavy atom. The molecule has 1 aliphatic heterocycles. The lowest BCUT2D eigenvalue weighted by atomic mass is 10.0. The number of halogens is 2. The Balaban J connectivity index is 1.68. The molecule has 0 bridgehead atoms. The van der Waals surface area contributed by atoms with Crippen molar-refractivity contribution in [2.75, 3.05) is 23.3 Å². The van der Waals surface area contributed by atoms with Gasteiger partial charge in [0, 0.05) is 22.8 Å². The van der Waals surface area contributed by atoms with Gasteiger partial charge in [-0.05, 0) is 66.9 Å². The van der Waals surface area contributed by atoms with Crippen molar-refractivity contribution in [3.63, 3.8) is 0 Å². The number of carbonyl (C=O) groups is 2. The first-order chi connectivity index (χ1) is 16.6. The van der Waals surface area contributed by atoms with E-state index >= 15 is 0 Å². The van der Waals surface area contributed by atoms with Crippen LogP contribution in [0.2, 0.25) is 10.0 Å². The second-order valence-electron chi connectivity index (χ2n) is 7.77. The van der Waals surface area contributed by atoms with Crippen LogP contribution in [0.3, 0.4) is 0 Å². The number of hydrogen-bond acceptors (Lipinski definition) is 5. The number of carboxylic acids is 1. The summed E-state index contributed by atoms with van der Waals surface area (Å²) in [6.07, 6.45) is 1.26. The van der Waals surface area contributed by atoms with Crippen LogP contribution < -0.4 is 14.4 Å². The Kier molecular flexibility index (Phi) is 6.93. The number of nitrogens with zero attached hydrogens (tertiary/aromatic N) is 1. The van der Waals surface area contributed by atoms with Crippen LogP contribution in [0.15, 0.2) is 59.5 Å². The minimum Gasteiger partial charge on any atom is -0.495 e. The molecule has 0 saturated heterocycles. The molecule has 0 unspecified atom stereocenters. The first-order valence-corrected chi connectivity index (χ1v) is 12.6. The van der Waals surface area contributed by atoms with Crippen LogP contribution in [0.5, 0.6) is 5.75 Å². The molecule has 0 saturated carbocycles. The zero-order valence-corrected chi connectivity index (χ0v) is 20.7. The molecule has 4 rings (SSSR count). The number of aromatic carboxylic acids is 1. The Morgan fingerprint density at radius 3 is 2.51 bits per heavy atom. The van der Waals surface area contributed by atoms with E-state index in [2.05, 4.69) is 5.32 Å². The highest BCUT2D eigenvalue weighted by Crippen LogP contribution is 2.36. The van der Waals surface area contributed by atoms with Crippen molar-refractivity contribution < 1.29 is 27.9 Å². The van der Waals surface area contributed by atoms with Crippen molar-refractivity contribution in [2.45, 2.75) is 17.7 Å². The minimum absolute atomic E-state index is 0.0199. The molecule has 3 aromatic rings. The van der Waals surface area contributed by atoms with Crippen molar-refractivity contribution in [3.05, 3.63) is 81.3 Å². The molecule has 1 amide bonds. The van der Waals surface area contributed by atoms with E-state index in [1.54, 1.807) is 18.2 Å². The largest absolute Gasteiger partial charge is 0.495 e. The first kappa shape index (κ1) is 24.8. The molecule has 182 valence electrons. The minimum atomic E-state index is -4.04. The van der Waals surface area contributed by atoms with E-state index in [0.717, 1.165) is 5.56 Å². The average molecular weight is 535 g/mol. The Labute approximate surface area is 212 Å². The molecule has 8 nitrogen and oxygen atoms in total. The van der Waals surface area contributed by atoms with Gasteiger partial charge in [0.1, 0.15) is 10.6 Å². The molecule has 1 heterocycles. The van der Waals surface area contributed by atoms with Gasteiger partial charge in [0.2, 0.25) is 0 Å². The summed E-state index contributed by atoms with van der Waals surface area (Å²) < 4.78 is 33.7. The average Bonchev–Trinajstić information content (AvgIpc) is 2.83. The predicted molar refractivity (Wildman–Crippen MR) is 134 cm³/mol. The van der Waals surface area contributed by atoms with Crippen molar-refractivity contribution in [1.82, 2.24) is 0 Å². The number of amides is 1. The number of hydrogen-bond donors (Lipinski definition) is 2. The maximum atomic E-state index is 13.6. The molecule has 3 aromatic carbocycles. The van der Waals surface area contributed by atoms with Crippen LogP contribution in [0.25, 0.3) is 0 Å². The van der Waals surface area contributed by atoms with Gasteiger partial charge in [-0.3, -0.25) is 9.10 Å². The number of benzene rings is 3. The van der Waals surface area contributed by atoms with Gasteiger partial charge >= 0.3 is 5.97 Å². The molecular weight excluding hydrogens is 515 g/mol. The number of fused-ring (bicyclic) bond motifs is 1. The smallest absolute Gasteiger partial charge is 0.337 e. The highest BCUT2D eigenvalue weighted by Gasteiger charge is 2.32. The number of nitrogens with one attached hydrogen (secondary N) is 1. The van der Waals surface area contributed by atoms with E-state index in [0.29, 0.717) is 24.2 Å². The molecule has 0 atom stereocenters. The SMILES string of the molecule is COc1ccc(Cl)cc1S(=O)(=O)N1CCCc2ccc(C(=O)Nc3ccc(C(=O)O)c(Cl)c3)cc21.